The predicted molar refractivity (Wildman–Crippen MR) is 85.5 cm³/mol. The molecule has 0 saturated carbocycles. The fraction of sp³-hybridized carbons (Fsp3) is 0.882. The van der Waals surface area contributed by atoms with Crippen molar-refractivity contribution in [1.82, 2.24) is 0 Å². The van der Waals surface area contributed by atoms with Crippen LogP contribution in [0.5, 0.6) is 0 Å². The molecule has 1 radical (unpaired) electrons. The molecular weight excluding hydrogens is 236 g/mol. The van der Waals surface area contributed by atoms with Crippen molar-refractivity contribution in [2.24, 2.45) is 0 Å². The Labute approximate surface area is 120 Å². The monoisotopic (exact) mass is 267 g/mol. The molecule has 0 fully saturated rings. The van der Waals surface area contributed by atoms with Gasteiger partial charge in [-0.25, -0.2) is 0 Å². The quantitative estimate of drug-likeness (QED) is 0.291. The Kier molecular flexibility index (Phi) is 14.9. The van der Waals surface area contributed by atoms with Crippen molar-refractivity contribution in [3.63, 3.8) is 0 Å². The molecule has 0 spiro atoms. The highest BCUT2D eigenvalue weighted by atomic mass is 32.2. The molecule has 0 bridgehead atoms. The van der Waals surface area contributed by atoms with E-state index in [1.807, 2.05) is 11.8 Å². The molecule has 0 aromatic rings. The molecule has 0 aliphatic carbocycles. The van der Waals surface area contributed by atoms with E-state index < -0.39 is 0 Å². The normalized spacial score (nSPS) is 12.3. The number of unbranched alkanes of at least 4 members (excludes halogenated alkanes) is 10. The first-order valence-corrected chi connectivity index (χ1v) is 9.02. The Morgan fingerprint density at radius 2 is 1.28 bits per heavy atom. The molecule has 0 aliphatic heterocycles. The minimum atomic E-state index is 0.850. The van der Waals surface area contributed by atoms with E-state index in [0.29, 0.717) is 0 Å². The van der Waals surface area contributed by atoms with Gasteiger partial charge in [0.1, 0.15) is 0 Å². The Balaban J connectivity index is 2.97. The van der Waals surface area contributed by atoms with Gasteiger partial charge in [0, 0.05) is 11.7 Å². The highest BCUT2D eigenvalue weighted by Crippen LogP contribution is 2.16. The second-order valence-electron chi connectivity index (χ2n) is 5.30. The molecule has 18 heavy (non-hydrogen) atoms. The van der Waals surface area contributed by atoms with Crippen molar-refractivity contribution in [2.75, 3.05) is 6.26 Å². The molecule has 0 saturated heterocycles. The van der Waals surface area contributed by atoms with Gasteiger partial charge in [0.2, 0.25) is 0 Å². The lowest BCUT2D eigenvalue weighted by molar-refractivity contribution is 0.547. The lowest BCUT2D eigenvalue weighted by atomic mass is 10.0. The van der Waals surface area contributed by atoms with Gasteiger partial charge in [0.15, 0.2) is 0 Å². The molecule has 0 nitrogen and oxygen atoms in total. The smallest absolute Gasteiger partial charge is 0.00989 e. The Bertz CT molecular complexity index is 192. The number of rotatable bonds is 13. The summed E-state index contributed by atoms with van der Waals surface area (Å²) in [5.41, 5.74) is 0. The van der Waals surface area contributed by atoms with Crippen LogP contribution in [0.4, 0.5) is 0 Å². The van der Waals surface area contributed by atoms with E-state index in [9.17, 15) is 0 Å². The molecule has 1 unspecified atom stereocenters. The summed E-state index contributed by atoms with van der Waals surface area (Å²) in [7, 11) is 0. The largest absolute Gasteiger partial charge is 0.162 e. The van der Waals surface area contributed by atoms with Crippen LogP contribution < -0.4 is 0 Å². The van der Waals surface area contributed by atoms with Crippen molar-refractivity contribution in [1.29, 1.82) is 0 Å². The summed E-state index contributed by atoms with van der Waals surface area (Å²) in [6.45, 7) is 2.33. The van der Waals surface area contributed by atoms with Crippen molar-refractivity contribution < 1.29 is 0 Å². The van der Waals surface area contributed by atoms with Gasteiger partial charge in [-0.15, -0.1) is 0 Å². The zero-order chi connectivity index (χ0) is 13.5. The van der Waals surface area contributed by atoms with E-state index in [0.717, 1.165) is 18.1 Å². The molecule has 1 heteroatoms. The van der Waals surface area contributed by atoms with E-state index in [1.54, 1.807) is 0 Å². The molecular formula is C17H31S. The van der Waals surface area contributed by atoms with Crippen LogP contribution in [-0.2, 0) is 0 Å². The van der Waals surface area contributed by atoms with Gasteiger partial charge in [-0.3, -0.25) is 0 Å². The average Bonchev–Trinajstić information content (AvgIpc) is 2.39. The zero-order valence-corrected chi connectivity index (χ0v) is 13.3. The van der Waals surface area contributed by atoms with Gasteiger partial charge in [0.05, 0.1) is 0 Å². The maximum Gasteiger partial charge on any atom is 0.00989 e. The molecule has 1 atom stereocenters. The second kappa shape index (κ2) is 15.0. The average molecular weight is 268 g/mol. The molecule has 0 aromatic heterocycles. The Morgan fingerprint density at radius 3 is 1.72 bits per heavy atom. The first-order chi connectivity index (χ1) is 8.81. The molecule has 0 N–H and O–H groups in total. The number of hydrogen-bond donors (Lipinski definition) is 0. The summed E-state index contributed by atoms with van der Waals surface area (Å²) >= 11 is 1.99. The zero-order valence-electron chi connectivity index (χ0n) is 12.5. The van der Waals surface area contributed by atoms with Crippen LogP contribution in [0.3, 0.4) is 0 Å². The van der Waals surface area contributed by atoms with E-state index >= 15 is 0 Å². The lowest BCUT2D eigenvalue weighted by Crippen LogP contribution is -1.94. The highest BCUT2D eigenvalue weighted by Gasteiger charge is 1.98. The van der Waals surface area contributed by atoms with Crippen LogP contribution in [-0.4, -0.2) is 11.5 Å². The van der Waals surface area contributed by atoms with Crippen LogP contribution in [0, 0.1) is 12.3 Å². The van der Waals surface area contributed by atoms with Crippen LogP contribution in [0.2, 0.25) is 0 Å². The second-order valence-corrected chi connectivity index (χ2v) is 6.57. The fourth-order valence-corrected chi connectivity index (χ4v) is 2.58. The van der Waals surface area contributed by atoms with Crippen LogP contribution >= 0.6 is 11.8 Å². The topological polar surface area (TPSA) is 0 Å². The van der Waals surface area contributed by atoms with Crippen molar-refractivity contribution in [3.05, 3.63) is 6.42 Å². The van der Waals surface area contributed by atoms with Crippen LogP contribution in [0.25, 0.3) is 0 Å². The maximum atomic E-state index is 6.82. The molecule has 0 heterocycles. The SMILES string of the molecule is [C]#CCCCCCCCCCCCCC(C)SC. The van der Waals surface area contributed by atoms with Gasteiger partial charge in [-0.2, -0.15) is 11.8 Å². The summed E-state index contributed by atoms with van der Waals surface area (Å²) in [4.78, 5) is 0. The first kappa shape index (κ1) is 17.9. The first-order valence-electron chi connectivity index (χ1n) is 7.73. The minimum absolute atomic E-state index is 0.850. The number of hydrogen-bond acceptors (Lipinski definition) is 1. The molecule has 105 valence electrons. The molecule has 0 aliphatic rings. The fourth-order valence-electron chi connectivity index (χ4n) is 2.18. The maximum absolute atomic E-state index is 6.82. The Hall–Kier alpha value is -0.0900. The molecule has 0 aromatic carbocycles. The summed E-state index contributed by atoms with van der Waals surface area (Å²) in [6, 6.07) is 0. The Morgan fingerprint density at radius 1 is 0.833 bits per heavy atom. The van der Waals surface area contributed by atoms with Gasteiger partial charge in [0.25, 0.3) is 0 Å². The van der Waals surface area contributed by atoms with Crippen LogP contribution in [0.15, 0.2) is 0 Å². The van der Waals surface area contributed by atoms with Crippen LogP contribution in [0.1, 0.15) is 84.0 Å². The summed E-state index contributed by atoms with van der Waals surface area (Å²) in [5, 5.41) is 0.850. The number of thioether (sulfide) groups is 1. The minimum Gasteiger partial charge on any atom is -0.162 e. The van der Waals surface area contributed by atoms with E-state index in [4.69, 9.17) is 6.42 Å². The third kappa shape index (κ3) is 14.0. The summed E-state index contributed by atoms with van der Waals surface area (Å²) in [5.74, 6) is 2.46. The van der Waals surface area contributed by atoms with Gasteiger partial charge in [-0.05, 0) is 25.5 Å². The van der Waals surface area contributed by atoms with Gasteiger partial charge in [-0.1, -0.05) is 70.6 Å². The third-order valence-corrected chi connectivity index (χ3v) is 4.61. The summed E-state index contributed by atoms with van der Waals surface area (Å²) < 4.78 is 0. The van der Waals surface area contributed by atoms with Gasteiger partial charge < -0.3 is 0 Å². The lowest BCUT2D eigenvalue weighted by Gasteiger charge is -2.07. The van der Waals surface area contributed by atoms with Gasteiger partial charge >= 0.3 is 0 Å². The van der Waals surface area contributed by atoms with E-state index in [1.165, 1.54) is 64.2 Å². The van der Waals surface area contributed by atoms with Crippen molar-refractivity contribution in [2.45, 2.75) is 89.2 Å². The van der Waals surface area contributed by atoms with Crippen molar-refractivity contribution >= 4 is 11.8 Å². The summed E-state index contributed by atoms with van der Waals surface area (Å²) in [6.07, 6.45) is 25.0. The van der Waals surface area contributed by atoms with E-state index in [2.05, 4.69) is 19.1 Å². The third-order valence-electron chi connectivity index (χ3n) is 3.56. The molecule has 0 rings (SSSR count). The standard InChI is InChI=1S/C17H31S/c1-4-5-6-7-8-9-10-11-12-13-14-15-16-17(2)18-3/h17H,5-16H2,2-3H3. The van der Waals surface area contributed by atoms with Crippen molar-refractivity contribution in [3.8, 4) is 5.92 Å². The van der Waals surface area contributed by atoms with E-state index in [-0.39, 0.29) is 0 Å². The highest BCUT2D eigenvalue weighted by molar-refractivity contribution is 7.99. The predicted octanol–water partition coefficient (Wildman–Crippen LogP) is 6.01. The molecule has 0 amide bonds.